The number of aromatic nitrogens is 2. The molecule has 0 bridgehead atoms. The summed E-state index contributed by atoms with van der Waals surface area (Å²) in [6, 6.07) is 0. The molecular weight excluding hydrogens is 240 g/mol. The van der Waals surface area contributed by atoms with Gasteiger partial charge in [-0.25, -0.2) is 0 Å². The van der Waals surface area contributed by atoms with Crippen molar-refractivity contribution in [2.45, 2.75) is 31.8 Å². The highest BCUT2D eigenvalue weighted by Gasteiger charge is 2.49. The highest BCUT2D eigenvalue weighted by molar-refractivity contribution is 6.31. The molecule has 1 aliphatic rings. The standard InChI is InChI=1S/C11H17ClN4O/c1-7-9(12)5-16(15-7)6-11(14-2,10(13)17)8-3-4-8/h5,8,14H,3-4,6H2,1-2H3,(H2,13,17). The van der Waals surface area contributed by atoms with E-state index in [0.717, 1.165) is 18.5 Å². The van der Waals surface area contributed by atoms with Gasteiger partial charge in [0.25, 0.3) is 0 Å². The molecule has 6 heteroatoms. The summed E-state index contributed by atoms with van der Waals surface area (Å²) in [4.78, 5) is 11.7. The van der Waals surface area contributed by atoms with Crippen LogP contribution in [0.2, 0.25) is 5.02 Å². The van der Waals surface area contributed by atoms with Crippen molar-refractivity contribution in [1.82, 2.24) is 15.1 Å². The van der Waals surface area contributed by atoms with Crippen molar-refractivity contribution in [2.75, 3.05) is 7.05 Å². The van der Waals surface area contributed by atoms with Crippen molar-refractivity contribution >= 4 is 17.5 Å². The van der Waals surface area contributed by atoms with Crippen LogP contribution in [0, 0.1) is 12.8 Å². The molecule has 0 radical (unpaired) electrons. The first-order valence-electron chi connectivity index (χ1n) is 5.68. The topological polar surface area (TPSA) is 72.9 Å². The van der Waals surface area contributed by atoms with Crippen LogP contribution in [0.25, 0.3) is 0 Å². The summed E-state index contributed by atoms with van der Waals surface area (Å²) >= 11 is 5.96. The van der Waals surface area contributed by atoms with E-state index in [-0.39, 0.29) is 5.91 Å². The van der Waals surface area contributed by atoms with Gasteiger partial charge in [-0.3, -0.25) is 9.48 Å². The molecule has 2 rings (SSSR count). The first kappa shape index (κ1) is 12.4. The highest BCUT2D eigenvalue weighted by atomic mass is 35.5. The lowest BCUT2D eigenvalue weighted by atomic mass is 9.92. The van der Waals surface area contributed by atoms with Crippen LogP contribution in [0.3, 0.4) is 0 Å². The number of carbonyl (C=O) groups is 1. The molecule has 1 aromatic rings. The lowest BCUT2D eigenvalue weighted by Crippen LogP contribution is -2.58. The molecule has 1 aromatic heterocycles. The van der Waals surface area contributed by atoms with Crippen LogP contribution in [-0.4, -0.2) is 28.3 Å². The third-order valence-electron chi connectivity index (χ3n) is 3.46. The van der Waals surface area contributed by atoms with Gasteiger partial charge in [0.1, 0.15) is 5.54 Å². The molecule has 1 amide bonds. The molecule has 1 aliphatic carbocycles. The van der Waals surface area contributed by atoms with Crippen molar-refractivity contribution in [3.05, 3.63) is 16.9 Å². The quantitative estimate of drug-likeness (QED) is 0.815. The number of nitrogens with two attached hydrogens (primary N) is 1. The van der Waals surface area contributed by atoms with E-state index in [1.54, 1.807) is 17.9 Å². The molecule has 0 aliphatic heterocycles. The van der Waals surface area contributed by atoms with Gasteiger partial charge in [-0.15, -0.1) is 0 Å². The van der Waals surface area contributed by atoms with Crippen LogP contribution < -0.4 is 11.1 Å². The number of hydrogen-bond acceptors (Lipinski definition) is 3. The average molecular weight is 257 g/mol. The van der Waals surface area contributed by atoms with E-state index in [9.17, 15) is 4.79 Å². The van der Waals surface area contributed by atoms with Gasteiger partial charge in [0.15, 0.2) is 0 Å². The SMILES string of the molecule is CNC(Cn1cc(Cl)c(C)n1)(C(N)=O)C1CC1. The van der Waals surface area contributed by atoms with Gasteiger partial charge in [-0.05, 0) is 32.7 Å². The molecule has 3 N–H and O–H groups in total. The molecule has 1 unspecified atom stereocenters. The van der Waals surface area contributed by atoms with Crippen molar-refractivity contribution in [3.8, 4) is 0 Å². The lowest BCUT2D eigenvalue weighted by molar-refractivity contribution is -0.125. The predicted molar refractivity (Wildman–Crippen MR) is 65.7 cm³/mol. The molecule has 5 nitrogen and oxygen atoms in total. The summed E-state index contributed by atoms with van der Waals surface area (Å²) in [6.45, 7) is 2.26. The minimum absolute atomic E-state index is 0.299. The van der Waals surface area contributed by atoms with E-state index in [2.05, 4.69) is 10.4 Å². The average Bonchev–Trinajstić information content (AvgIpc) is 3.04. The zero-order chi connectivity index (χ0) is 12.6. The monoisotopic (exact) mass is 256 g/mol. The molecule has 0 spiro atoms. The smallest absolute Gasteiger partial charge is 0.239 e. The summed E-state index contributed by atoms with van der Waals surface area (Å²) in [5.41, 5.74) is 5.59. The van der Waals surface area contributed by atoms with E-state index in [1.165, 1.54) is 0 Å². The molecule has 1 saturated carbocycles. The number of primary amides is 1. The Morgan fingerprint density at radius 3 is 2.76 bits per heavy atom. The third kappa shape index (κ3) is 2.17. The summed E-state index contributed by atoms with van der Waals surface area (Å²) in [6.07, 6.45) is 3.78. The normalized spacial score (nSPS) is 19.0. The third-order valence-corrected chi connectivity index (χ3v) is 3.83. The van der Waals surface area contributed by atoms with E-state index < -0.39 is 5.54 Å². The van der Waals surface area contributed by atoms with Crippen molar-refractivity contribution in [1.29, 1.82) is 0 Å². The summed E-state index contributed by atoms with van der Waals surface area (Å²) in [5.74, 6) is -0.0277. The number of likely N-dealkylation sites (N-methyl/N-ethyl adjacent to an activating group) is 1. The number of aryl methyl sites for hydroxylation is 1. The number of carbonyl (C=O) groups excluding carboxylic acids is 1. The van der Waals surface area contributed by atoms with E-state index in [0.29, 0.717) is 17.5 Å². The van der Waals surface area contributed by atoms with Gasteiger partial charge in [0.2, 0.25) is 5.91 Å². The number of nitrogens with one attached hydrogen (secondary N) is 1. The van der Waals surface area contributed by atoms with Gasteiger partial charge in [0.05, 0.1) is 17.3 Å². The molecule has 0 saturated heterocycles. The Labute approximate surface area is 105 Å². The first-order valence-corrected chi connectivity index (χ1v) is 6.06. The second-order valence-corrected chi connectivity index (χ2v) is 5.03. The van der Waals surface area contributed by atoms with Gasteiger partial charge >= 0.3 is 0 Å². The fourth-order valence-electron chi connectivity index (χ4n) is 2.22. The number of halogens is 1. The Bertz CT molecular complexity index is 421. The fraction of sp³-hybridized carbons (Fsp3) is 0.636. The number of rotatable bonds is 5. The zero-order valence-electron chi connectivity index (χ0n) is 10.0. The van der Waals surface area contributed by atoms with Gasteiger partial charge < -0.3 is 11.1 Å². The molecule has 17 heavy (non-hydrogen) atoms. The zero-order valence-corrected chi connectivity index (χ0v) is 10.8. The van der Waals surface area contributed by atoms with Gasteiger partial charge in [-0.2, -0.15) is 5.10 Å². The van der Waals surface area contributed by atoms with Crippen LogP contribution >= 0.6 is 11.6 Å². The molecule has 1 fully saturated rings. The minimum Gasteiger partial charge on any atom is -0.368 e. The molecular formula is C11H17ClN4O. The maximum Gasteiger partial charge on any atom is 0.239 e. The first-order chi connectivity index (χ1) is 7.99. The summed E-state index contributed by atoms with van der Waals surface area (Å²) in [5, 5.41) is 7.95. The van der Waals surface area contributed by atoms with E-state index in [1.807, 2.05) is 6.92 Å². The second kappa shape index (κ2) is 4.31. The largest absolute Gasteiger partial charge is 0.368 e. The van der Waals surface area contributed by atoms with Crippen LogP contribution in [0.4, 0.5) is 0 Å². The van der Waals surface area contributed by atoms with Crippen molar-refractivity contribution in [2.24, 2.45) is 11.7 Å². The van der Waals surface area contributed by atoms with E-state index >= 15 is 0 Å². The highest BCUT2D eigenvalue weighted by Crippen LogP contribution is 2.40. The maximum atomic E-state index is 11.7. The molecule has 1 heterocycles. The minimum atomic E-state index is -0.707. The maximum absolute atomic E-state index is 11.7. The van der Waals surface area contributed by atoms with Gasteiger partial charge in [-0.1, -0.05) is 11.6 Å². The van der Waals surface area contributed by atoms with Crippen LogP contribution in [0.1, 0.15) is 18.5 Å². The molecule has 1 atom stereocenters. The van der Waals surface area contributed by atoms with Crippen LogP contribution in [-0.2, 0) is 11.3 Å². The molecule has 0 aromatic carbocycles. The van der Waals surface area contributed by atoms with Crippen LogP contribution in [0.5, 0.6) is 0 Å². The number of nitrogens with zero attached hydrogens (tertiary/aromatic N) is 2. The Balaban J connectivity index is 2.26. The number of amides is 1. The van der Waals surface area contributed by atoms with Gasteiger partial charge in [0, 0.05) is 6.20 Å². The number of hydrogen-bond donors (Lipinski definition) is 2. The Kier molecular flexibility index (Phi) is 3.14. The molecule has 94 valence electrons. The predicted octanol–water partition coefficient (Wildman–Crippen LogP) is 0.698. The Morgan fingerprint density at radius 2 is 2.41 bits per heavy atom. The lowest BCUT2D eigenvalue weighted by Gasteiger charge is -2.30. The fourth-order valence-corrected chi connectivity index (χ4v) is 2.37. The Morgan fingerprint density at radius 1 is 1.76 bits per heavy atom. The van der Waals surface area contributed by atoms with Crippen molar-refractivity contribution in [3.63, 3.8) is 0 Å². The Hall–Kier alpha value is -1.07. The second-order valence-electron chi connectivity index (χ2n) is 4.62. The van der Waals surface area contributed by atoms with Crippen molar-refractivity contribution < 1.29 is 4.79 Å². The van der Waals surface area contributed by atoms with Crippen LogP contribution in [0.15, 0.2) is 6.20 Å². The van der Waals surface area contributed by atoms with E-state index in [4.69, 9.17) is 17.3 Å². The summed E-state index contributed by atoms with van der Waals surface area (Å²) < 4.78 is 1.69. The summed E-state index contributed by atoms with van der Waals surface area (Å²) in [7, 11) is 1.76.